The predicted octanol–water partition coefficient (Wildman–Crippen LogP) is 4.52. The van der Waals surface area contributed by atoms with Crippen LogP contribution in [0.15, 0.2) is 42.6 Å². The number of piperidine rings is 1. The number of aromatic nitrogens is 1. The van der Waals surface area contributed by atoms with Crippen LogP contribution in [0.1, 0.15) is 31.0 Å². The smallest absolute Gasteiger partial charge is 0.261 e. The minimum absolute atomic E-state index is 0.0109. The quantitative estimate of drug-likeness (QED) is 0.800. The molecule has 6 heteroatoms. The van der Waals surface area contributed by atoms with E-state index in [1.54, 1.807) is 24.4 Å². The van der Waals surface area contributed by atoms with Crippen LogP contribution >= 0.6 is 23.2 Å². The Hall–Kier alpha value is -1.78. The van der Waals surface area contributed by atoms with Crippen molar-refractivity contribution in [3.8, 4) is 5.75 Å². The molecular formula is C18H18Cl2N2O2. The molecule has 1 fully saturated rings. The topological polar surface area (TPSA) is 42.4 Å². The zero-order valence-corrected chi connectivity index (χ0v) is 14.6. The van der Waals surface area contributed by atoms with E-state index in [1.807, 2.05) is 23.1 Å². The minimum atomic E-state index is -0.0589. The zero-order chi connectivity index (χ0) is 16.9. The number of hydrogen-bond donors (Lipinski definition) is 0. The van der Waals surface area contributed by atoms with Crippen LogP contribution in [0, 0.1) is 0 Å². The van der Waals surface area contributed by atoms with Crippen LogP contribution < -0.4 is 4.74 Å². The van der Waals surface area contributed by atoms with Gasteiger partial charge in [0.1, 0.15) is 5.75 Å². The molecule has 1 aromatic heterocycles. The SMILES string of the molecule is O=C(COc1ccc(Cl)cc1Cl)N1CCCC[C@@H]1c1ccccn1. The monoisotopic (exact) mass is 364 g/mol. The summed E-state index contributed by atoms with van der Waals surface area (Å²) in [7, 11) is 0. The van der Waals surface area contributed by atoms with E-state index in [-0.39, 0.29) is 18.6 Å². The second-order valence-corrected chi connectivity index (χ2v) is 6.56. The Morgan fingerprint density at radius 1 is 1.25 bits per heavy atom. The first-order chi connectivity index (χ1) is 11.6. The Kier molecular flexibility index (Phi) is 5.59. The Balaban J connectivity index is 1.68. The van der Waals surface area contributed by atoms with Crippen LogP contribution in [0.3, 0.4) is 0 Å². The molecule has 1 saturated heterocycles. The molecule has 4 nitrogen and oxygen atoms in total. The number of ether oxygens (including phenoxy) is 1. The van der Waals surface area contributed by atoms with Gasteiger partial charge in [-0.2, -0.15) is 0 Å². The van der Waals surface area contributed by atoms with Crippen molar-refractivity contribution in [1.82, 2.24) is 9.88 Å². The highest BCUT2D eigenvalue weighted by molar-refractivity contribution is 6.35. The summed E-state index contributed by atoms with van der Waals surface area (Å²) in [5, 5.41) is 0.931. The van der Waals surface area contributed by atoms with Crippen molar-refractivity contribution in [3.63, 3.8) is 0 Å². The molecule has 0 aliphatic carbocycles. The number of pyridine rings is 1. The summed E-state index contributed by atoms with van der Waals surface area (Å²) >= 11 is 11.9. The van der Waals surface area contributed by atoms with E-state index < -0.39 is 0 Å². The number of likely N-dealkylation sites (tertiary alicyclic amines) is 1. The molecule has 1 atom stereocenters. The Labute approximate surface area is 151 Å². The molecular weight excluding hydrogens is 347 g/mol. The van der Waals surface area contributed by atoms with Gasteiger partial charge < -0.3 is 9.64 Å². The van der Waals surface area contributed by atoms with E-state index in [1.165, 1.54) is 0 Å². The number of rotatable bonds is 4. The van der Waals surface area contributed by atoms with Crippen molar-refractivity contribution in [1.29, 1.82) is 0 Å². The molecule has 1 amide bonds. The fraction of sp³-hybridized carbons (Fsp3) is 0.333. The standard InChI is InChI=1S/C18H18Cl2N2O2/c19-13-7-8-17(14(20)11-13)24-12-18(23)22-10-4-2-6-16(22)15-5-1-3-9-21-15/h1,3,5,7-9,11,16H,2,4,6,10,12H2/t16-/m1/s1. The maximum atomic E-state index is 12.6. The summed E-state index contributed by atoms with van der Waals surface area (Å²) in [6, 6.07) is 10.8. The lowest BCUT2D eigenvalue weighted by Crippen LogP contribution is -2.41. The van der Waals surface area contributed by atoms with Gasteiger partial charge in [0.05, 0.1) is 16.8 Å². The maximum absolute atomic E-state index is 12.6. The van der Waals surface area contributed by atoms with Crippen molar-refractivity contribution in [3.05, 3.63) is 58.3 Å². The van der Waals surface area contributed by atoms with Gasteiger partial charge in [-0.05, 0) is 49.6 Å². The fourth-order valence-electron chi connectivity index (χ4n) is 2.93. The van der Waals surface area contributed by atoms with Gasteiger partial charge in [-0.1, -0.05) is 29.3 Å². The molecule has 0 spiro atoms. The minimum Gasteiger partial charge on any atom is -0.482 e. The van der Waals surface area contributed by atoms with E-state index in [4.69, 9.17) is 27.9 Å². The normalized spacial score (nSPS) is 17.6. The molecule has 0 N–H and O–H groups in total. The molecule has 3 rings (SSSR count). The fourth-order valence-corrected chi connectivity index (χ4v) is 3.39. The molecule has 1 aliphatic heterocycles. The molecule has 0 saturated carbocycles. The molecule has 2 aromatic rings. The lowest BCUT2D eigenvalue weighted by atomic mass is 9.99. The molecule has 0 unspecified atom stereocenters. The van der Waals surface area contributed by atoms with E-state index in [0.717, 1.165) is 31.5 Å². The van der Waals surface area contributed by atoms with Gasteiger partial charge in [-0.25, -0.2) is 0 Å². The average Bonchev–Trinajstić information content (AvgIpc) is 2.61. The molecule has 24 heavy (non-hydrogen) atoms. The van der Waals surface area contributed by atoms with Crippen molar-refractivity contribution >= 4 is 29.1 Å². The maximum Gasteiger partial charge on any atom is 0.261 e. The molecule has 2 heterocycles. The molecule has 0 bridgehead atoms. The highest BCUT2D eigenvalue weighted by atomic mass is 35.5. The summed E-state index contributed by atoms with van der Waals surface area (Å²) in [5.41, 5.74) is 0.926. The molecule has 1 aromatic carbocycles. The summed E-state index contributed by atoms with van der Waals surface area (Å²) in [4.78, 5) is 18.9. The lowest BCUT2D eigenvalue weighted by molar-refractivity contribution is -0.137. The second kappa shape index (κ2) is 7.86. The van der Waals surface area contributed by atoms with Gasteiger partial charge >= 0.3 is 0 Å². The summed E-state index contributed by atoms with van der Waals surface area (Å²) < 4.78 is 5.59. The van der Waals surface area contributed by atoms with Gasteiger partial charge in [-0.3, -0.25) is 9.78 Å². The zero-order valence-electron chi connectivity index (χ0n) is 13.1. The number of hydrogen-bond acceptors (Lipinski definition) is 3. The van der Waals surface area contributed by atoms with Crippen LogP contribution in [0.5, 0.6) is 5.75 Å². The predicted molar refractivity (Wildman–Crippen MR) is 94.5 cm³/mol. The van der Waals surface area contributed by atoms with Crippen molar-refractivity contribution in [2.24, 2.45) is 0 Å². The number of carbonyl (C=O) groups excluding carboxylic acids is 1. The van der Waals surface area contributed by atoms with Crippen LogP contribution in [0.4, 0.5) is 0 Å². The van der Waals surface area contributed by atoms with Gasteiger partial charge in [0.25, 0.3) is 5.91 Å². The third-order valence-corrected chi connectivity index (χ3v) is 4.63. The van der Waals surface area contributed by atoms with Crippen LogP contribution in [-0.4, -0.2) is 28.9 Å². The van der Waals surface area contributed by atoms with Gasteiger partial charge in [0.2, 0.25) is 0 Å². The van der Waals surface area contributed by atoms with E-state index in [2.05, 4.69) is 4.98 Å². The summed E-state index contributed by atoms with van der Waals surface area (Å²) in [6.45, 7) is 0.669. The first-order valence-electron chi connectivity index (χ1n) is 7.93. The number of amides is 1. The number of halogens is 2. The number of carbonyl (C=O) groups is 1. The van der Waals surface area contributed by atoms with Crippen LogP contribution in [-0.2, 0) is 4.79 Å². The largest absolute Gasteiger partial charge is 0.482 e. The Morgan fingerprint density at radius 3 is 2.88 bits per heavy atom. The van der Waals surface area contributed by atoms with Crippen LogP contribution in [0.2, 0.25) is 10.0 Å². The van der Waals surface area contributed by atoms with Crippen molar-refractivity contribution in [2.45, 2.75) is 25.3 Å². The summed E-state index contributed by atoms with van der Waals surface area (Å²) in [5.74, 6) is 0.400. The summed E-state index contributed by atoms with van der Waals surface area (Å²) in [6.07, 6.45) is 4.77. The lowest BCUT2D eigenvalue weighted by Gasteiger charge is -2.35. The first kappa shape index (κ1) is 17.1. The van der Waals surface area contributed by atoms with Gasteiger partial charge in [0.15, 0.2) is 6.61 Å². The molecule has 1 aliphatic rings. The second-order valence-electron chi connectivity index (χ2n) is 5.72. The third kappa shape index (κ3) is 4.00. The highest BCUT2D eigenvalue weighted by Crippen LogP contribution is 2.31. The van der Waals surface area contributed by atoms with E-state index in [9.17, 15) is 4.79 Å². The third-order valence-electron chi connectivity index (χ3n) is 4.10. The Bertz CT molecular complexity index is 709. The van der Waals surface area contributed by atoms with Gasteiger partial charge in [0, 0.05) is 17.8 Å². The Morgan fingerprint density at radius 2 is 2.12 bits per heavy atom. The highest BCUT2D eigenvalue weighted by Gasteiger charge is 2.29. The molecule has 126 valence electrons. The molecule has 0 radical (unpaired) electrons. The van der Waals surface area contributed by atoms with E-state index >= 15 is 0 Å². The van der Waals surface area contributed by atoms with E-state index in [0.29, 0.717) is 15.8 Å². The van der Waals surface area contributed by atoms with Crippen molar-refractivity contribution < 1.29 is 9.53 Å². The first-order valence-corrected chi connectivity index (χ1v) is 8.69. The number of nitrogens with zero attached hydrogens (tertiary/aromatic N) is 2. The van der Waals surface area contributed by atoms with Crippen LogP contribution in [0.25, 0.3) is 0 Å². The average molecular weight is 365 g/mol. The van der Waals surface area contributed by atoms with Gasteiger partial charge in [-0.15, -0.1) is 0 Å². The van der Waals surface area contributed by atoms with Crippen molar-refractivity contribution in [2.75, 3.05) is 13.2 Å². The number of benzene rings is 1.